The Labute approximate surface area is 180 Å². The van der Waals surface area contributed by atoms with Gasteiger partial charge in [0.2, 0.25) is 0 Å². The highest BCUT2D eigenvalue weighted by Crippen LogP contribution is 2.50. The number of unbranched alkanes of at least 4 members (excludes halogenated alkanes) is 10. The molecule has 28 heavy (non-hydrogen) atoms. The molecule has 166 valence electrons. The molecule has 0 nitrogen and oxygen atoms in total. The van der Waals surface area contributed by atoms with Gasteiger partial charge >= 0.3 is 0 Å². The van der Waals surface area contributed by atoms with E-state index in [0.29, 0.717) is 0 Å². The van der Waals surface area contributed by atoms with E-state index in [0.717, 1.165) is 5.92 Å². The van der Waals surface area contributed by atoms with Crippen molar-refractivity contribution in [1.29, 1.82) is 0 Å². The van der Waals surface area contributed by atoms with Crippen LogP contribution in [0.25, 0.3) is 0 Å². The molecule has 0 saturated heterocycles. The van der Waals surface area contributed by atoms with Crippen LogP contribution in [-0.2, 0) is 0 Å². The summed E-state index contributed by atoms with van der Waals surface area (Å²) in [6.07, 6.45) is 33.5. The third-order valence-corrected chi connectivity index (χ3v) is 9.45. The highest BCUT2D eigenvalue weighted by Gasteiger charge is 2.17. The molecule has 0 radical (unpaired) electrons. The summed E-state index contributed by atoms with van der Waals surface area (Å²) >= 11 is 0. The zero-order valence-corrected chi connectivity index (χ0v) is 20.8. The van der Waals surface area contributed by atoms with E-state index in [4.69, 9.17) is 0 Å². The van der Waals surface area contributed by atoms with Gasteiger partial charge in [-0.05, 0) is 55.7 Å². The Hall–Kier alpha value is 0.170. The van der Waals surface area contributed by atoms with Crippen LogP contribution in [0.3, 0.4) is 0 Å². The molecule has 0 amide bonds. The number of hydrogen-bond acceptors (Lipinski definition) is 0. The molecule has 0 heterocycles. The van der Waals surface area contributed by atoms with Gasteiger partial charge in [0.05, 0.1) is 0 Å². The summed E-state index contributed by atoms with van der Waals surface area (Å²) in [6, 6.07) is 0. The summed E-state index contributed by atoms with van der Waals surface area (Å²) in [5.41, 5.74) is 0. The lowest BCUT2D eigenvalue weighted by atomic mass is 9.89. The first-order chi connectivity index (χ1) is 13.8. The van der Waals surface area contributed by atoms with Gasteiger partial charge in [0.1, 0.15) is 0 Å². The summed E-state index contributed by atoms with van der Waals surface area (Å²) in [4.78, 5) is 0. The highest BCUT2D eigenvalue weighted by molar-refractivity contribution is 7.62. The Balaban J connectivity index is 2.53. The molecule has 0 aromatic rings. The fraction of sp³-hybridized carbons (Fsp3) is 0.926. The molecule has 0 aliphatic heterocycles. The predicted octanol–water partition coefficient (Wildman–Crippen LogP) is 10.5. The molecular formula is C27H53P. The predicted molar refractivity (Wildman–Crippen MR) is 133 cm³/mol. The fourth-order valence-corrected chi connectivity index (χ4v) is 7.71. The van der Waals surface area contributed by atoms with Gasteiger partial charge in [-0.25, -0.2) is 0 Å². The molecular weight excluding hydrogens is 355 g/mol. The van der Waals surface area contributed by atoms with Gasteiger partial charge in [-0.2, -0.15) is 0 Å². The van der Waals surface area contributed by atoms with E-state index in [-0.39, 0.29) is 7.92 Å². The standard InChI is InChI=1S/C27H53P/c1-4-7-9-11-13-18-23-28(24-19-14-12-10-8-5-2)27(20-6-3)25-26-21-16-15-17-22-26/h25-26H,4-24H2,1-3H3. The topological polar surface area (TPSA) is 0 Å². The van der Waals surface area contributed by atoms with Crippen molar-refractivity contribution in [3.8, 4) is 0 Å². The first kappa shape index (κ1) is 26.2. The van der Waals surface area contributed by atoms with E-state index < -0.39 is 0 Å². The maximum Gasteiger partial charge on any atom is -0.0227 e. The minimum Gasteiger partial charge on any atom is -0.0801 e. The smallest absolute Gasteiger partial charge is 0.0227 e. The summed E-state index contributed by atoms with van der Waals surface area (Å²) < 4.78 is 0. The Morgan fingerprint density at radius 3 is 1.64 bits per heavy atom. The van der Waals surface area contributed by atoms with E-state index in [2.05, 4.69) is 26.8 Å². The molecule has 1 aliphatic rings. The SMILES string of the molecule is CCCCCCCCP(CCCCCCCC)C(=CC1CCCCC1)CCC. The summed E-state index contributed by atoms with van der Waals surface area (Å²) in [7, 11) is 0.157. The number of allylic oxidation sites excluding steroid dienone is 2. The van der Waals surface area contributed by atoms with E-state index in [1.54, 1.807) is 0 Å². The third kappa shape index (κ3) is 13.4. The molecule has 0 bridgehead atoms. The van der Waals surface area contributed by atoms with Crippen molar-refractivity contribution < 1.29 is 0 Å². The van der Waals surface area contributed by atoms with Crippen LogP contribution in [0.5, 0.6) is 0 Å². The Morgan fingerprint density at radius 1 is 0.643 bits per heavy atom. The van der Waals surface area contributed by atoms with Crippen LogP contribution in [-0.4, -0.2) is 12.3 Å². The molecule has 1 aliphatic carbocycles. The summed E-state index contributed by atoms with van der Waals surface area (Å²) in [5, 5.41) is 1.94. The molecule has 0 aromatic carbocycles. The van der Waals surface area contributed by atoms with Gasteiger partial charge in [0.25, 0.3) is 0 Å². The lowest BCUT2D eigenvalue weighted by Crippen LogP contribution is -2.05. The maximum atomic E-state index is 2.82. The van der Waals surface area contributed by atoms with Gasteiger partial charge in [-0.15, -0.1) is 0 Å². The molecule has 1 fully saturated rings. The first-order valence-electron chi connectivity index (χ1n) is 13.3. The molecule has 1 saturated carbocycles. The van der Waals surface area contributed by atoms with Crippen molar-refractivity contribution in [2.45, 2.75) is 143 Å². The molecule has 0 atom stereocenters. The Bertz CT molecular complexity index is 337. The van der Waals surface area contributed by atoms with Crippen molar-refractivity contribution in [3.63, 3.8) is 0 Å². The van der Waals surface area contributed by atoms with Crippen molar-refractivity contribution >= 4 is 7.92 Å². The van der Waals surface area contributed by atoms with Crippen molar-refractivity contribution in [3.05, 3.63) is 11.4 Å². The Morgan fingerprint density at radius 2 is 1.14 bits per heavy atom. The van der Waals surface area contributed by atoms with Crippen LogP contribution < -0.4 is 0 Å². The van der Waals surface area contributed by atoms with Crippen molar-refractivity contribution in [2.75, 3.05) is 12.3 Å². The second-order valence-corrected chi connectivity index (χ2v) is 11.9. The normalized spacial score (nSPS) is 16.2. The van der Waals surface area contributed by atoms with Gasteiger partial charge in [0, 0.05) is 0 Å². The van der Waals surface area contributed by atoms with Crippen LogP contribution >= 0.6 is 7.92 Å². The van der Waals surface area contributed by atoms with E-state index in [9.17, 15) is 0 Å². The van der Waals surface area contributed by atoms with Crippen LogP contribution in [0.2, 0.25) is 0 Å². The quantitative estimate of drug-likeness (QED) is 0.156. The van der Waals surface area contributed by atoms with Crippen LogP contribution in [0, 0.1) is 5.92 Å². The van der Waals surface area contributed by atoms with Gasteiger partial charge in [0.15, 0.2) is 0 Å². The molecule has 0 unspecified atom stereocenters. The first-order valence-corrected chi connectivity index (χ1v) is 15.0. The molecule has 1 heteroatoms. The lowest BCUT2D eigenvalue weighted by molar-refractivity contribution is 0.418. The van der Waals surface area contributed by atoms with Gasteiger partial charge in [-0.3, -0.25) is 0 Å². The number of hydrogen-bond donors (Lipinski definition) is 0. The van der Waals surface area contributed by atoms with Crippen LogP contribution in [0.15, 0.2) is 11.4 Å². The maximum absolute atomic E-state index is 2.82. The number of rotatable bonds is 18. The molecule has 0 spiro atoms. The Kier molecular flexibility index (Phi) is 17.9. The second kappa shape index (κ2) is 19.2. The van der Waals surface area contributed by atoms with E-state index >= 15 is 0 Å². The van der Waals surface area contributed by atoms with E-state index in [1.165, 1.54) is 134 Å². The van der Waals surface area contributed by atoms with Gasteiger partial charge in [-0.1, -0.05) is 125 Å². The van der Waals surface area contributed by atoms with Gasteiger partial charge < -0.3 is 0 Å². The summed E-state index contributed by atoms with van der Waals surface area (Å²) in [6.45, 7) is 7.05. The fourth-order valence-electron chi connectivity index (χ4n) is 4.74. The third-order valence-electron chi connectivity index (χ3n) is 6.55. The molecule has 0 N–H and O–H groups in total. The van der Waals surface area contributed by atoms with Crippen LogP contribution in [0.4, 0.5) is 0 Å². The second-order valence-electron chi connectivity index (χ2n) is 9.33. The zero-order valence-electron chi connectivity index (χ0n) is 20.0. The average Bonchev–Trinajstić information content (AvgIpc) is 2.72. The minimum absolute atomic E-state index is 0.157. The lowest BCUT2D eigenvalue weighted by Gasteiger charge is -2.25. The zero-order chi connectivity index (χ0) is 20.3. The van der Waals surface area contributed by atoms with Crippen LogP contribution in [0.1, 0.15) is 143 Å². The highest BCUT2D eigenvalue weighted by atomic mass is 31.1. The summed E-state index contributed by atoms with van der Waals surface area (Å²) in [5.74, 6) is 0.925. The monoisotopic (exact) mass is 408 g/mol. The van der Waals surface area contributed by atoms with E-state index in [1.807, 2.05) is 5.31 Å². The van der Waals surface area contributed by atoms with Crippen molar-refractivity contribution in [2.24, 2.45) is 5.92 Å². The van der Waals surface area contributed by atoms with Crippen molar-refractivity contribution in [1.82, 2.24) is 0 Å². The molecule has 0 aromatic heterocycles. The minimum atomic E-state index is 0.157. The average molecular weight is 409 g/mol. The largest absolute Gasteiger partial charge is 0.0801 e. The molecule has 1 rings (SSSR count).